The van der Waals surface area contributed by atoms with Crippen LogP contribution in [0.3, 0.4) is 0 Å². The Balaban J connectivity index is 1.67. The van der Waals surface area contributed by atoms with Gasteiger partial charge in [0.25, 0.3) is 0 Å². The molecule has 1 nitrogen and oxygen atoms in total. The molecule has 0 aromatic rings. The van der Waals surface area contributed by atoms with E-state index in [4.69, 9.17) is 0 Å². The first-order valence-electron chi connectivity index (χ1n) is 6.74. The van der Waals surface area contributed by atoms with Gasteiger partial charge in [-0.15, -0.1) is 0 Å². The van der Waals surface area contributed by atoms with Crippen molar-refractivity contribution in [2.75, 3.05) is 7.05 Å². The summed E-state index contributed by atoms with van der Waals surface area (Å²) < 4.78 is 0. The van der Waals surface area contributed by atoms with Crippen LogP contribution in [-0.2, 0) is 0 Å². The maximum atomic E-state index is 3.59. The molecule has 1 heteroatoms. The van der Waals surface area contributed by atoms with Gasteiger partial charge in [0.05, 0.1) is 0 Å². The van der Waals surface area contributed by atoms with Gasteiger partial charge in [-0.05, 0) is 69.7 Å². The fourth-order valence-corrected chi connectivity index (χ4v) is 3.90. The van der Waals surface area contributed by atoms with Gasteiger partial charge in [-0.1, -0.05) is 11.6 Å². The SMILES string of the molecule is CNC(C1=CCCCC1)C1CC2CC2C1. The van der Waals surface area contributed by atoms with E-state index in [0.29, 0.717) is 0 Å². The molecule has 0 spiro atoms. The van der Waals surface area contributed by atoms with E-state index in [1.54, 1.807) is 12.0 Å². The van der Waals surface area contributed by atoms with Crippen LogP contribution in [0.25, 0.3) is 0 Å². The third kappa shape index (κ3) is 1.87. The third-order valence-electron chi connectivity index (χ3n) is 4.79. The molecule has 0 aromatic heterocycles. The number of nitrogens with one attached hydrogen (secondary N) is 1. The van der Waals surface area contributed by atoms with Gasteiger partial charge in [-0.3, -0.25) is 0 Å². The van der Waals surface area contributed by atoms with Crippen LogP contribution in [0.15, 0.2) is 11.6 Å². The summed E-state index contributed by atoms with van der Waals surface area (Å²) in [6.45, 7) is 0. The molecule has 0 heterocycles. The minimum absolute atomic E-state index is 0.720. The Bertz CT molecular complexity index is 259. The molecule has 84 valence electrons. The van der Waals surface area contributed by atoms with Crippen LogP contribution < -0.4 is 5.32 Å². The number of fused-ring (bicyclic) bond motifs is 1. The number of hydrogen-bond donors (Lipinski definition) is 1. The predicted octanol–water partition coefficient (Wildman–Crippen LogP) is 3.12. The summed E-state index contributed by atoms with van der Waals surface area (Å²) in [5.74, 6) is 3.20. The highest BCUT2D eigenvalue weighted by atomic mass is 14.9. The lowest BCUT2D eigenvalue weighted by Crippen LogP contribution is -2.35. The average molecular weight is 205 g/mol. The van der Waals surface area contributed by atoms with Crippen LogP contribution in [0.2, 0.25) is 0 Å². The van der Waals surface area contributed by atoms with Crippen LogP contribution in [0.4, 0.5) is 0 Å². The van der Waals surface area contributed by atoms with Gasteiger partial charge in [0.2, 0.25) is 0 Å². The molecule has 1 N–H and O–H groups in total. The molecule has 0 amide bonds. The standard InChI is InChI=1S/C14H23N/c1-15-14(10-5-3-2-4-6-10)13-8-11-7-12(11)9-13/h5,11-15H,2-4,6-9H2,1H3. The van der Waals surface area contributed by atoms with Crippen molar-refractivity contribution in [3.8, 4) is 0 Å². The normalized spacial score (nSPS) is 40.9. The van der Waals surface area contributed by atoms with Crippen molar-refractivity contribution in [3.05, 3.63) is 11.6 Å². The second kappa shape index (κ2) is 3.93. The van der Waals surface area contributed by atoms with E-state index in [0.717, 1.165) is 23.8 Å². The summed E-state index contributed by atoms with van der Waals surface area (Å²) in [6.07, 6.45) is 12.6. The number of allylic oxidation sites excluding steroid dienone is 1. The van der Waals surface area contributed by atoms with E-state index in [-0.39, 0.29) is 0 Å². The molecular formula is C14H23N. The Labute approximate surface area is 93.3 Å². The molecule has 3 aliphatic carbocycles. The smallest absolute Gasteiger partial charge is 0.0305 e. The summed E-state index contributed by atoms with van der Waals surface area (Å²) in [6, 6.07) is 0.720. The molecule has 0 saturated heterocycles. The molecule has 0 aromatic carbocycles. The second-order valence-electron chi connectivity index (χ2n) is 5.78. The summed E-state index contributed by atoms with van der Waals surface area (Å²) in [7, 11) is 2.16. The minimum Gasteiger partial charge on any atom is -0.313 e. The van der Waals surface area contributed by atoms with E-state index < -0.39 is 0 Å². The topological polar surface area (TPSA) is 12.0 Å². The van der Waals surface area contributed by atoms with Gasteiger partial charge < -0.3 is 5.32 Å². The minimum atomic E-state index is 0.720. The van der Waals surface area contributed by atoms with Gasteiger partial charge in [0, 0.05) is 6.04 Å². The van der Waals surface area contributed by atoms with Crippen LogP contribution in [0.1, 0.15) is 44.9 Å². The molecule has 0 aliphatic heterocycles. The highest BCUT2D eigenvalue weighted by Gasteiger charge is 2.48. The highest BCUT2D eigenvalue weighted by Crippen LogP contribution is 2.55. The predicted molar refractivity (Wildman–Crippen MR) is 63.7 cm³/mol. The summed E-state index contributed by atoms with van der Waals surface area (Å²) >= 11 is 0. The third-order valence-corrected chi connectivity index (χ3v) is 4.79. The summed E-state index contributed by atoms with van der Waals surface area (Å²) in [5, 5.41) is 3.59. The van der Waals surface area contributed by atoms with Gasteiger partial charge in [-0.2, -0.15) is 0 Å². The Hall–Kier alpha value is -0.300. The zero-order chi connectivity index (χ0) is 10.3. The highest BCUT2D eigenvalue weighted by molar-refractivity contribution is 5.17. The summed E-state index contributed by atoms with van der Waals surface area (Å²) in [5.41, 5.74) is 1.73. The van der Waals surface area contributed by atoms with Crippen molar-refractivity contribution in [3.63, 3.8) is 0 Å². The molecule has 0 radical (unpaired) electrons. The monoisotopic (exact) mass is 205 g/mol. The van der Waals surface area contributed by atoms with E-state index in [9.17, 15) is 0 Å². The molecule has 15 heavy (non-hydrogen) atoms. The molecule has 2 fully saturated rings. The van der Waals surface area contributed by atoms with Gasteiger partial charge in [0.15, 0.2) is 0 Å². The molecule has 3 atom stereocenters. The molecular weight excluding hydrogens is 182 g/mol. The number of likely N-dealkylation sites (N-methyl/N-ethyl adjacent to an activating group) is 1. The Morgan fingerprint density at radius 1 is 1.20 bits per heavy atom. The lowest BCUT2D eigenvalue weighted by Gasteiger charge is -2.29. The second-order valence-corrected chi connectivity index (χ2v) is 5.78. The van der Waals surface area contributed by atoms with Gasteiger partial charge in [-0.25, -0.2) is 0 Å². The van der Waals surface area contributed by atoms with Gasteiger partial charge >= 0.3 is 0 Å². The van der Waals surface area contributed by atoms with Crippen LogP contribution in [0.5, 0.6) is 0 Å². The molecule has 2 saturated carbocycles. The molecule has 0 bridgehead atoms. The lowest BCUT2D eigenvalue weighted by molar-refractivity contribution is 0.375. The van der Waals surface area contributed by atoms with E-state index >= 15 is 0 Å². The summed E-state index contributed by atoms with van der Waals surface area (Å²) in [4.78, 5) is 0. The first kappa shape index (κ1) is 9.89. The average Bonchev–Trinajstić information content (AvgIpc) is 2.89. The maximum absolute atomic E-state index is 3.59. The van der Waals surface area contributed by atoms with Crippen LogP contribution >= 0.6 is 0 Å². The van der Waals surface area contributed by atoms with Crippen LogP contribution in [0, 0.1) is 17.8 Å². The Morgan fingerprint density at radius 2 is 2.00 bits per heavy atom. The van der Waals surface area contributed by atoms with Crippen molar-refractivity contribution >= 4 is 0 Å². The quantitative estimate of drug-likeness (QED) is 0.698. The van der Waals surface area contributed by atoms with E-state index in [1.807, 2.05) is 0 Å². The van der Waals surface area contributed by atoms with Crippen molar-refractivity contribution < 1.29 is 0 Å². The fourth-order valence-electron chi connectivity index (χ4n) is 3.90. The maximum Gasteiger partial charge on any atom is 0.0305 e. The van der Waals surface area contributed by atoms with E-state index in [2.05, 4.69) is 18.4 Å². The zero-order valence-electron chi connectivity index (χ0n) is 9.84. The first-order valence-corrected chi connectivity index (χ1v) is 6.74. The zero-order valence-corrected chi connectivity index (χ0v) is 9.84. The first-order chi connectivity index (χ1) is 7.38. The van der Waals surface area contributed by atoms with Crippen LogP contribution in [-0.4, -0.2) is 13.1 Å². The van der Waals surface area contributed by atoms with Gasteiger partial charge in [0.1, 0.15) is 0 Å². The Morgan fingerprint density at radius 3 is 2.60 bits per heavy atom. The Kier molecular flexibility index (Phi) is 2.59. The number of rotatable bonds is 3. The van der Waals surface area contributed by atoms with Crippen molar-refractivity contribution in [2.45, 2.75) is 51.0 Å². The van der Waals surface area contributed by atoms with Crippen molar-refractivity contribution in [2.24, 2.45) is 17.8 Å². The lowest BCUT2D eigenvalue weighted by atomic mass is 9.84. The van der Waals surface area contributed by atoms with E-state index in [1.165, 1.54) is 38.5 Å². The molecule has 3 rings (SSSR count). The van der Waals surface area contributed by atoms with Crippen molar-refractivity contribution in [1.82, 2.24) is 5.32 Å². The van der Waals surface area contributed by atoms with Crippen molar-refractivity contribution in [1.29, 1.82) is 0 Å². The molecule has 3 unspecified atom stereocenters. The number of hydrogen-bond acceptors (Lipinski definition) is 1. The largest absolute Gasteiger partial charge is 0.313 e. The molecule has 3 aliphatic rings. The fraction of sp³-hybridized carbons (Fsp3) is 0.857.